The van der Waals surface area contributed by atoms with Crippen LogP contribution in [-0.4, -0.2) is 72.8 Å². The highest BCUT2D eigenvalue weighted by molar-refractivity contribution is 7.13. The van der Waals surface area contributed by atoms with Crippen molar-refractivity contribution in [1.29, 1.82) is 0 Å². The fraction of sp³-hybridized carbons (Fsp3) is 0.444. The Hall–Kier alpha value is -2.36. The van der Waals surface area contributed by atoms with Crippen molar-refractivity contribution < 1.29 is 9.47 Å². The number of morpholine rings is 2. The minimum absolute atomic E-state index is 0.692. The number of fused-ring (bicyclic) bond motifs is 1. The number of ether oxygens (including phenoxy) is 2. The second kappa shape index (κ2) is 7.34. The number of nitrogens with zero attached hydrogens (tertiary/aromatic N) is 6. The van der Waals surface area contributed by atoms with Gasteiger partial charge >= 0.3 is 0 Å². The molecular weight excluding hydrogens is 364 g/mol. The van der Waals surface area contributed by atoms with Crippen LogP contribution in [0.3, 0.4) is 0 Å². The molecule has 0 radical (unpaired) electrons. The number of hydrogen-bond acceptors (Lipinski definition) is 9. The van der Waals surface area contributed by atoms with Crippen LogP contribution in [0.5, 0.6) is 0 Å². The van der Waals surface area contributed by atoms with Crippen LogP contribution in [0.2, 0.25) is 0 Å². The van der Waals surface area contributed by atoms with E-state index in [4.69, 9.17) is 14.5 Å². The van der Waals surface area contributed by atoms with Crippen LogP contribution in [0.25, 0.3) is 21.6 Å². The van der Waals surface area contributed by atoms with Crippen molar-refractivity contribution in [2.75, 3.05) is 62.4 Å². The summed E-state index contributed by atoms with van der Waals surface area (Å²) in [6, 6.07) is 4.05. The normalized spacial score (nSPS) is 18.2. The third-order valence-corrected chi connectivity index (χ3v) is 5.71. The van der Waals surface area contributed by atoms with Gasteiger partial charge in [-0.1, -0.05) is 6.07 Å². The molecule has 0 spiro atoms. The molecule has 0 unspecified atom stereocenters. The molecule has 0 amide bonds. The molecule has 2 aliphatic rings. The minimum atomic E-state index is 0.692. The summed E-state index contributed by atoms with van der Waals surface area (Å²) in [6.45, 7) is 5.96. The van der Waals surface area contributed by atoms with Crippen molar-refractivity contribution in [2.45, 2.75) is 0 Å². The van der Waals surface area contributed by atoms with Gasteiger partial charge in [-0.25, -0.2) is 9.97 Å². The van der Waals surface area contributed by atoms with E-state index in [1.807, 2.05) is 23.7 Å². The molecule has 27 heavy (non-hydrogen) atoms. The standard InChI is InChI=1S/C18H20N6O2S/c1-2-14(27-11-1)16-19-12-13-15(20-16)18(24-5-9-26-10-6-24)22-21-17(13)23-3-7-25-8-4-23/h1-2,11-12H,3-10H2. The third-order valence-electron chi connectivity index (χ3n) is 4.84. The number of thiophene rings is 1. The predicted molar refractivity (Wildman–Crippen MR) is 105 cm³/mol. The van der Waals surface area contributed by atoms with Gasteiger partial charge in [-0.3, -0.25) is 0 Å². The van der Waals surface area contributed by atoms with E-state index in [1.165, 1.54) is 0 Å². The van der Waals surface area contributed by atoms with Gasteiger partial charge in [-0.15, -0.1) is 21.5 Å². The van der Waals surface area contributed by atoms with Crippen molar-refractivity contribution in [3.05, 3.63) is 23.7 Å². The molecule has 9 heteroatoms. The van der Waals surface area contributed by atoms with E-state index >= 15 is 0 Å². The van der Waals surface area contributed by atoms with Gasteiger partial charge in [0.25, 0.3) is 0 Å². The second-order valence-electron chi connectivity index (χ2n) is 6.48. The van der Waals surface area contributed by atoms with E-state index in [0.29, 0.717) is 26.4 Å². The van der Waals surface area contributed by atoms with E-state index in [0.717, 1.165) is 59.4 Å². The van der Waals surface area contributed by atoms with Gasteiger partial charge in [0, 0.05) is 32.4 Å². The molecule has 5 heterocycles. The molecule has 0 aromatic carbocycles. The lowest BCUT2D eigenvalue weighted by molar-refractivity contribution is 0.122. The van der Waals surface area contributed by atoms with E-state index in [2.05, 4.69) is 25.0 Å². The third kappa shape index (κ3) is 3.22. The minimum Gasteiger partial charge on any atom is -0.378 e. The van der Waals surface area contributed by atoms with E-state index in [1.54, 1.807) is 11.3 Å². The fourth-order valence-corrected chi connectivity index (χ4v) is 4.10. The Bertz CT molecular complexity index is 923. The Morgan fingerprint density at radius 1 is 0.889 bits per heavy atom. The zero-order valence-corrected chi connectivity index (χ0v) is 15.7. The zero-order valence-electron chi connectivity index (χ0n) is 14.9. The molecule has 0 aliphatic carbocycles. The summed E-state index contributed by atoms with van der Waals surface area (Å²) < 4.78 is 11.0. The number of rotatable bonds is 3. The highest BCUT2D eigenvalue weighted by atomic mass is 32.1. The maximum absolute atomic E-state index is 5.49. The van der Waals surface area contributed by atoms with E-state index < -0.39 is 0 Å². The van der Waals surface area contributed by atoms with Gasteiger partial charge < -0.3 is 19.3 Å². The summed E-state index contributed by atoms with van der Waals surface area (Å²) >= 11 is 1.64. The van der Waals surface area contributed by atoms with Gasteiger partial charge in [-0.2, -0.15) is 0 Å². The molecule has 140 valence electrons. The molecule has 2 fully saturated rings. The van der Waals surface area contributed by atoms with Crippen LogP contribution in [0.4, 0.5) is 11.6 Å². The summed E-state index contributed by atoms with van der Waals surface area (Å²) in [5.74, 6) is 2.38. The lowest BCUT2D eigenvalue weighted by atomic mass is 10.2. The molecule has 0 N–H and O–H groups in total. The molecule has 0 bridgehead atoms. The lowest BCUT2D eigenvalue weighted by Crippen LogP contribution is -2.38. The van der Waals surface area contributed by atoms with Crippen molar-refractivity contribution in [3.63, 3.8) is 0 Å². The van der Waals surface area contributed by atoms with Crippen molar-refractivity contribution >= 4 is 33.9 Å². The first kappa shape index (κ1) is 16.8. The molecule has 5 rings (SSSR count). The highest BCUT2D eigenvalue weighted by Crippen LogP contribution is 2.32. The maximum atomic E-state index is 5.49. The van der Waals surface area contributed by atoms with Crippen LogP contribution in [0.1, 0.15) is 0 Å². The first-order chi connectivity index (χ1) is 13.4. The molecule has 8 nitrogen and oxygen atoms in total. The number of anilines is 2. The van der Waals surface area contributed by atoms with Gasteiger partial charge in [-0.05, 0) is 11.4 Å². The highest BCUT2D eigenvalue weighted by Gasteiger charge is 2.23. The monoisotopic (exact) mass is 384 g/mol. The van der Waals surface area contributed by atoms with Crippen molar-refractivity contribution in [2.24, 2.45) is 0 Å². The van der Waals surface area contributed by atoms with E-state index in [9.17, 15) is 0 Å². The lowest BCUT2D eigenvalue weighted by Gasteiger charge is -2.30. The molecular formula is C18H20N6O2S. The van der Waals surface area contributed by atoms with Crippen LogP contribution in [0.15, 0.2) is 23.7 Å². The zero-order chi connectivity index (χ0) is 18.1. The summed E-state index contributed by atoms with van der Waals surface area (Å²) in [5.41, 5.74) is 0.854. The van der Waals surface area contributed by atoms with Crippen LogP contribution >= 0.6 is 11.3 Å². The fourth-order valence-electron chi connectivity index (χ4n) is 3.43. The molecule has 2 saturated heterocycles. The van der Waals surface area contributed by atoms with Gasteiger partial charge in [0.1, 0.15) is 5.52 Å². The number of aromatic nitrogens is 4. The summed E-state index contributed by atoms with van der Waals surface area (Å²) in [7, 11) is 0. The summed E-state index contributed by atoms with van der Waals surface area (Å²) in [6.07, 6.45) is 1.89. The first-order valence-corrected chi connectivity index (χ1v) is 10.0. The topological polar surface area (TPSA) is 76.5 Å². The molecule has 3 aromatic rings. The number of hydrogen-bond donors (Lipinski definition) is 0. The van der Waals surface area contributed by atoms with Crippen molar-refractivity contribution in [1.82, 2.24) is 20.2 Å². The Balaban J connectivity index is 1.65. The Labute approximate surface area is 160 Å². The van der Waals surface area contributed by atoms with Crippen LogP contribution in [0, 0.1) is 0 Å². The average Bonchev–Trinajstić information content (AvgIpc) is 3.29. The largest absolute Gasteiger partial charge is 0.378 e. The Morgan fingerprint density at radius 3 is 2.22 bits per heavy atom. The van der Waals surface area contributed by atoms with E-state index in [-0.39, 0.29) is 0 Å². The van der Waals surface area contributed by atoms with Gasteiger partial charge in [0.2, 0.25) is 0 Å². The van der Waals surface area contributed by atoms with Crippen LogP contribution < -0.4 is 9.80 Å². The molecule has 0 atom stereocenters. The maximum Gasteiger partial charge on any atom is 0.178 e. The Kier molecular flexibility index (Phi) is 4.56. The van der Waals surface area contributed by atoms with Crippen LogP contribution in [-0.2, 0) is 9.47 Å². The van der Waals surface area contributed by atoms with Gasteiger partial charge in [0.05, 0.1) is 36.7 Å². The quantitative estimate of drug-likeness (QED) is 0.677. The molecule has 2 aliphatic heterocycles. The summed E-state index contributed by atoms with van der Waals surface area (Å²) in [5, 5.41) is 12.1. The molecule has 0 saturated carbocycles. The predicted octanol–water partition coefficient (Wildman–Crippen LogP) is 1.82. The second-order valence-corrected chi connectivity index (χ2v) is 7.43. The first-order valence-electron chi connectivity index (χ1n) is 9.13. The molecule has 3 aromatic heterocycles. The SMILES string of the molecule is c1csc(-c2ncc3c(N4CCOCC4)nnc(N4CCOCC4)c3n2)c1. The van der Waals surface area contributed by atoms with Crippen molar-refractivity contribution in [3.8, 4) is 10.7 Å². The Morgan fingerprint density at radius 2 is 1.56 bits per heavy atom. The average molecular weight is 384 g/mol. The smallest absolute Gasteiger partial charge is 0.178 e. The van der Waals surface area contributed by atoms with Gasteiger partial charge in [0.15, 0.2) is 17.5 Å². The summed E-state index contributed by atoms with van der Waals surface area (Å²) in [4.78, 5) is 15.0.